The predicted octanol–water partition coefficient (Wildman–Crippen LogP) is 2.89. The van der Waals surface area contributed by atoms with Crippen LogP contribution in [0.3, 0.4) is 0 Å². The smallest absolute Gasteiger partial charge is 0.251 e. The van der Waals surface area contributed by atoms with Gasteiger partial charge in [-0.05, 0) is 45.6 Å². The molecule has 1 aliphatic heterocycles. The number of carbonyl (C=O) groups excluding carboxylic acids is 1. The molecule has 0 aromatic carbocycles. The standard InChI is InChI=1S/C18H34N2O3.ClH/c1-15(23-17-7-4-2-3-5-8-17)18(21)20-12-9-16(10-13-20)22-14-6-11-19;/h15-17H,2-14,19H2,1H3;1H. The first kappa shape index (κ1) is 21.7. The second kappa shape index (κ2) is 12.1. The van der Waals surface area contributed by atoms with Crippen LogP contribution in [0.5, 0.6) is 0 Å². The maximum atomic E-state index is 12.6. The molecule has 6 heteroatoms. The minimum Gasteiger partial charge on any atom is -0.378 e. The number of halogens is 1. The number of rotatable bonds is 7. The molecule has 1 heterocycles. The molecular formula is C18H35ClN2O3. The summed E-state index contributed by atoms with van der Waals surface area (Å²) in [5, 5.41) is 0. The van der Waals surface area contributed by atoms with Crippen molar-refractivity contribution in [1.82, 2.24) is 4.90 Å². The van der Waals surface area contributed by atoms with Gasteiger partial charge in [-0.3, -0.25) is 4.79 Å². The van der Waals surface area contributed by atoms with Gasteiger partial charge in [0.25, 0.3) is 5.91 Å². The molecule has 1 aliphatic carbocycles. The van der Waals surface area contributed by atoms with Gasteiger partial charge in [0.15, 0.2) is 0 Å². The highest BCUT2D eigenvalue weighted by Crippen LogP contribution is 2.22. The fourth-order valence-electron chi connectivity index (χ4n) is 3.56. The normalized spacial score (nSPS) is 21.8. The van der Waals surface area contributed by atoms with Crippen LogP contribution in [0.1, 0.15) is 64.7 Å². The van der Waals surface area contributed by atoms with Crippen molar-refractivity contribution in [2.45, 2.75) is 83.0 Å². The van der Waals surface area contributed by atoms with Crippen molar-refractivity contribution in [2.75, 3.05) is 26.2 Å². The Bertz CT molecular complexity index is 341. The van der Waals surface area contributed by atoms with Gasteiger partial charge in [0.2, 0.25) is 0 Å². The van der Waals surface area contributed by atoms with Crippen LogP contribution in [0.15, 0.2) is 0 Å². The maximum Gasteiger partial charge on any atom is 0.251 e. The topological polar surface area (TPSA) is 64.8 Å². The number of hydrogen-bond acceptors (Lipinski definition) is 4. The molecular weight excluding hydrogens is 328 g/mol. The van der Waals surface area contributed by atoms with Crippen LogP contribution in [0, 0.1) is 0 Å². The summed E-state index contributed by atoms with van der Waals surface area (Å²) in [4.78, 5) is 14.5. The van der Waals surface area contributed by atoms with E-state index < -0.39 is 0 Å². The number of hydrogen-bond donors (Lipinski definition) is 1. The van der Waals surface area contributed by atoms with Crippen LogP contribution in [0.4, 0.5) is 0 Å². The van der Waals surface area contributed by atoms with Crippen molar-refractivity contribution >= 4 is 18.3 Å². The zero-order valence-electron chi connectivity index (χ0n) is 15.1. The summed E-state index contributed by atoms with van der Waals surface area (Å²) in [5.41, 5.74) is 5.48. The van der Waals surface area contributed by atoms with Gasteiger partial charge in [0.1, 0.15) is 6.10 Å². The number of likely N-dealkylation sites (tertiary alicyclic amines) is 1. The van der Waals surface area contributed by atoms with Gasteiger partial charge >= 0.3 is 0 Å². The molecule has 2 rings (SSSR count). The third-order valence-electron chi connectivity index (χ3n) is 5.00. The summed E-state index contributed by atoms with van der Waals surface area (Å²) < 4.78 is 11.9. The van der Waals surface area contributed by atoms with E-state index >= 15 is 0 Å². The van der Waals surface area contributed by atoms with Crippen molar-refractivity contribution in [3.8, 4) is 0 Å². The highest BCUT2D eigenvalue weighted by Gasteiger charge is 2.28. The van der Waals surface area contributed by atoms with E-state index in [0.717, 1.165) is 51.8 Å². The lowest BCUT2D eigenvalue weighted by Gasteiger charge is -2.34. The number of piperidine rings is 1. The van der Waals surface area contributed by atoms with Crippen molar-refractivity contribution < 1.29 is 14.3 Å². The van der Waals surface area contributed by atoms with Crippen molar-refractivity contribution in [3.63, 3.8) is 0 Å². The Balaban J connectivity index is 0.00000288. The van der Waals surface area contributed by atoms with Gasteiger partial charge in [-0.2, -0.15) is 0 Å². The Hall–Kier alpha value is -0.360. The molecule has 0 aromatic heterocycles. The highest BCUT2D eigenvalue weighted by molar-refractivity contribution is 5.85. The summed E-state index contributed by atoms with van der Waals surface area (Å²) in [5.74, 6) is 0.148. The van der Waals surface area contributed by atoms with Crippen molar-refractivity contribution in [1.29, 1.82) is 0 Å². The van der Waals surface area contributed by atoms with E-state index in [-0.39, 0.29) is 36.6 Å². The minimum atomic E-state index is -0.312. The second-order valence-corrected chi connectivity index (χ2v) is 6.93. The number of ether oxygens (including phenoxy) is 2. The van der Waals surface area contributed by atoms with E-state index in [9.17, 15) is 4.79 Å². The van der Waals surface area contributed by atoms with Crippen LogP contribution in [0.25, 0.3) is 0 Å². The van der Waals surface area contributed by atoms with Crippen LogP contribution >= 0.6 is 12.4 Å². The molecule has 0 radical (unpaired) electrons. The molecule has 0 bridgehead atoms. The molecule has 2 N–H and O–H groups in total. The highest BCUT2D eigenvalue weighted by atomic mass is 35.5. The zero-order chi connectivity index (χ0) is 16.5. The average Bonchev–Trinajstić information content (AvgIpc) is 2.84. The Morgan fingerprint density at radius 1 is 1.08 bits per heavy atom. The number of nitrogens with two attached hydrogens (primary N) is 1. The van der Waals surface area contributed by atoms with Crippen molar-refractivity contribution in [2.24, 2.45) is 5.73 Å². The molecule has 1 amide bonds. The van der Waals surface area contributed by atoms with Crippen LogP contribution < -0.4 is 5.73 Å². The third-order valence-corrected chi connectivity index (χ3v) is 5.00. The molecule has 1 saturated heterocycles. The van der Waals surface area contributed by atoms with Gasteiger partial charge in [-0.15, -0.1) is 12.4 Å². The molecule has 1 saturated carbocycles. The fraction of sp³-hybridized carbons (Fsp3) is 0.944. The lowest BCUT2D eigenvalue weighted by molar-refractivity contribution is -0.149. The van der Waals surface area contributed by atoms with E-state index in [1.54, 1.807) is 0 Å². The Kier molecular flexibility index (Phi) is 10.9. The predicted molar refractivity (Wildman–Crippen MR) is 98.5 cm³/mol. The van der Waals surface area contributed by atoms with E-state index in [2.05, 4.69) is 0 Å². The second-order valence-electron chi connectivity index (χ2n) is 6.93. The number of nitrogens with zero attached hydrogens (tertiary/aromatic N) is 1. The monoisotopic (exact) mass is 362 g/mol. The summed E-state index contributed by atoms with van der Waals surface area (Å²) in [6.45, 7) is 4.88. The van der Waals surface area contributed by atoms with E-state index in [0.29, 0.717) is 6.54 Å². The van der Waals surface area contributed by atoms with Crippen molar-refractivity contribution in [3.05, 3.63) is 0 Å². The summed E-state index contributed by atoms with van der Waals surface area (Å²) in [6.07, 6.45) is 10.3. The molecule has 0 aromatic rings. The van der Waals surface area contributed by atoms with Crippen LogP contribution in [-0.4, -0.2) is 55.4 Å². The third kappa shape index (κ3) is 7.26. The molecule has 24 heavy (non-hydrogen) atoms. The SMILES string of the molecule is CC(OC1CCCCCC1)C(=O)N1CCC(OCCCN)CC1.Cl. The average molecular weight is 363 g/mol. The Labute approximate surface area is 153 Å². The van der Waals surface area contributed by atoms with Gasteiger partial charge in [0.05, 0.1) is 12.2 Å². The summed E-state index contributed by atoms with van der Waals surface area (Å²) in [6, 6.07) is 0. The first-order chi connectivity index (χ1) is 11.2. The molecule has 0 spiro atoms. The molecule has 1 atom stereocenters. The van der Waals surface area contributed by atoms with E-state index in [1.807, 2.05) is 11.8 Å². The maximum absolute atomic E-state index is 12.6. The van der Waals surface area contributed by atoms with Gasteiger partial charge < -0.3 is 20.1 Å². The fourth-order valence-corrected chi connectivity index (χ4v) is 3.56. The van der Waals surface area contributed by atoms with Crippen LogP contribution in [-0.2, 0) is 14.3 Å². The summed E-state index contributed by atoms with van der Waals surface area (Å²) >= 11 is 0. The number of amides is 1. The summed E-state index contributed by atoms with van der Waals surface area (Å²) in [7, 11) is 0. The largest absolute Gasteiger partial charge is 0.378 e. The molecule has 142 valence electrons. The lowest BCUT2D eigenvalue weighted by Crippen LogP contribution is -2.46. The van der Waals surface area contributed by atoms with Crippen LogP contribution in [0.2, 0.25) is 0 Å². The Morgan fingerprint density at radius 2 is 1.71 bits per heavy atom. The van der Waals surface area contributed by atoms with E-state index in [4.69, 9.17) is 15.2 Å². The molecule has 2 aliphatic rings. The quantitative estimate of drug-likeness (QED) is 0.558. The molecule has 5 nitrogen and oxygen atoms in total. The zero-order valence-corrected chi connectivity index (χ0v) is 15.9. The number of carbonyl (C=O) groups is 1. The molecule has 1 unspecified atom stereocenters. The Morgan fingerprint density at radius 3 is 2.29 bits per heavy atom. The van der Waals surface area contributed by atoms with Gasteiger partial charge in [-0.25, -0.2) is 0 Å². The first-order valence-corrected chi connectivity index (χ1v) is 9.46. The van der Waals surface area contributed by atoms with E-state index in [1.165, 1.54) is 25.7 Å². The van der Waals surface area contributed by atoms with Gasteiger partial charge in [0, 0.05) is 19.7 Å². The minimum absolute atomic E-state index is 0. The lowest BCUT2D eigenvalue weighted by atomic mass is 10.1. The van der Waals surface area contributed by atoms with Gasteiger partial charge in [-0.1, -0.05) is 25.7 Å². The molecule has 2 fully saturated rings. The first-order valence-electron chi connectivity index (χ1n) is 9.46.